The van der Waals surface area contributed by atoms with Crippen LogP contribution in [0.15, 0.2) is 24.3 Å². The van der Waals surface area contributed by atoms with Gasteiger partial charge in [0.05, 0.1) is 12.5 Å². The van der Waals surface area contributed by atoms with E-state index in [2.05, 4.69) is 5.32 Å². The number of carbonyl (C=O) groups is 1. The van der Waals surface area contributed by atoms with E-state index in [0.29, 0.717) is 13.1 Å². The molecule has 4 heteroatoms. The minimum atomic E-state index is -0.557. The van der Waals surface area contributed by atoms with E-state index in [-0.39, 0.29) is 5.97 Å². The van der Waals surface area contributed by atoms with Crippen molar-refractivity contribution < 1.29 is 14.3 Å². The fourth-order valence-electron chi connectivity index (χ4n) is 1.92. The first-order chi connectivity index (χ1) is 8.87. The van der Waals surface area contributed by atoms with Crippen LogP contribution in [0, 0.1) is 5.41 Å². The van der Waals surface area contributed by atoms with Crippen molar-refractivity contribution in [1.82, 2.24) is 5.32 Å². The van der Waals surface area contributed by atoms with Gasteiger partial charge in [-0.25, -0.2) is 0 Å². The Morgan fingerprint density at radius 1 is 1.32 bits per heavy atom. The highest BCUT2D eigenvalue weighted by molar-refractivity contribution is 5.76. The monoisotopic (exact) mass is 263 g/mol. The van der Waals surface area contributed by atoms with Gasteiger partial charge in [-0.2, -0.15) is 0 Å². The first-order valence-corrected chi connectivity index (χ1v) is 6.46. The molecule has 0 bridgehead atoms. The van der Waals surface area contributed by atoms with E-state index in [9.17, 15) is 4.79 Å². The molecule has 1 N–H and O–H groups in total. The van der Waals surface area contributed by atoms with Gasteiger partial charge in [-0.15, -0.1) is 0 Å². The summed E-state index contributed by atoms with van der Waals surface area (Å²) >= 11 is 0. The van der Waals surface area contributed by atoms with E-state index in [1.165, 1.54) is 0 Å². The Hall–Kier alpha value is -1.55. The minimum Gasteiger partial charge on any atom is -0.497 e. The van der Waals surface area contributed by atoms with Crippen molar-refractivity contribution in [3.8, 4) is 5.75 Å². The zero-order chi connectivity index (χ0) is 14.1. The first-order valence-electron chi connectivity index (χ1n) is 6.46. The summed E-state index contributed by atoms with van der Waals surface area (Å²) in [6.45, 7) is 6.87. The summed E-state index contributed by atoms with van der Waals surface area (Å²) in [5.74, 6) is 0.590. The first kappa shape index (κ1) is 13.9. The molecule has 0 aromatic heterocycles. The molecule has 2 rings (SSSR count). The van der Waals surface area contributed by atoms with Crippen LogP contribution < -0.4 is 10.1 Å². The standard InChI is InChI=1S/C15H21NO3/c1-14(2,3)13(17)19-15(9-16-10-15)11-6-5-7-12(8-11)18-4/h5-8,16H,9-10H2,1-4H3. The fourth-order valence-corrected chi connectivity index (χ4v) is 1.92. The van der Waals surface area contributed by atoms with Gasteiger partial charge in [0, 0.05) is 18.7 Å². The predicted octanol–water partition coefficient (Wildman–Crippen LogP) is 2.08. The van der Waals surface area contributed by atoms with Gasteiger partial charge in [0.2, 0.25) is 0 Å². The van der Waals surface area contributed by atoms with Crippen LogP contribution in [0.5, 0.6) is 5.75 Å². The van der Waals surface area contributed by atoms with E-state index in [1.54, 1.807) is 7.11 Å². The van der Waals surface area contributed by atoms with Gasteiger partial charge in [-0.3, -0.25) is 4.79 Å². The van der Waals surface area contributed by atoms with Crippen LogP contribution in [-0.2, 0) is 15.1 Å². The Morgan fingerprint density at radius 2 is 2.00 bits per heavy atom. The third-order valence-corrected chi connectivity index (χ3v) is 3.32. The van der Waals surface area contributed by atoms with Gasteiger partial charge in [0.1, 0.15) is 5.75 Å². The lowest BCUT2D eigenvalue weighted by Gasteiger charge is -2.43. The highest BCUT2D eigenvalue weighted by Gasteiger charge is 2.44. The number of methoxy groups -OCH3 is 1. The smallest absolute Gasteiger partial charge is 0.312 e. The van der Waals surface area contributed by atoms with Gasteiger partial charge in [0.15, 0.2) is 5.60 Å². The minimum absolute atomic E-state index is 0.184. The lowest BCUT2D eigenvalue weighted by atomic mass is 9.86. The third-order valence-electron chi connectivity index (χ3n) is 3.32. The second-order valence-electron chi connectivity index (χ2n) is 5.97. The van der Waals surface area contributed by atoms with Crippen LogP contribution in [0.1, 0.15) is 26.3 Å². The molecule has 1 fully saturated rings. The molecule has 0 saturated carbocycles. The zero-order valence-corrected chi connectivity index (χ0v) is 11.9. The van der Waals surface area contributed by atoms with Crippen molar-refractivity contribution in [2.24, 2.45) is 5.41 Å². The average Bonchev–Trinajstić information content (AvgIpc) is 2.32. The molecule has 1 aliphatic rings. The van der Waals surface area contributed by atoms with E-state index >= 15 is 0 Å². The van der Waals surface area contributed by atoms with Crippen molar-refractivity contribution in [2.75, 3.05) is 20.2 Å². The molecule has 1 aromatic rings. The quantitative estimate of drug-likeness (QED) is 0.848. The molecule has 0 aliphatic carbocycles. The van der Waals surface area contributed by atoms with Crippen molar-refractivity contribution in [3.63, 3.8) is 0 Å². The number of carbonyl (C=O) groups excluding carboxylic acids is 1. The second kappa shape index (κ2) is 4.85. The Morgan fingerprint density at radius 3 is 2.47 bits per heavy atom. The van der Waals surface area contributed by atoms with Crippen molar-refractivity contribution >= 4 is 5.97 Å². The van der Waals surface area contributed by atoms with Gasteiger partial charge in [0.25, 0.3) is 0 Å². The maximum Gasteiger partial charge on any atom is 0.312 e. The van der Waals surface area contributed by atoms with Crippen molar-refractivity contribution in [2.45, 2.75) is 26.4 Å². The Bertz CT molecular complexity index is 473. The van der Waals surface area contributed by atoms with Gasteiger partial charge in [-0.05, 0) is 32.9 Å². The summed E-state index contributed by atoms with van der Waals surface area (Å²) < 4.78 is 11.0. The van der Waals surface area contributed by atoms with Crippen LogP contribution >= 0.6 is 0 Å². The van der Waals surface area contributed by atoms with Crippen molar-refractivity contribution in [3.05, 3.63) is 29.8 Å². The van der Waals surface area contributed by atoms with E-state index < -0.39 is 11.0 Å². The molecule has 0 radical (unpaired) electrons. The second-order valence-corrected chi connectivity index (χ2v) is 5.97. The Labute approximate surface area is 114 Å². The average molecular weight is 263 g/mol. The molecule has 4 nitrogen and oxygen atoms in total. The summed E-state index contributed by atoms with van der Waals surface area (Å²) in [7, 11) is 1.63. The van der Waals surface area contributed by atoms with Gasteiger partial charge >= 0.3 is 5.97 Å². The van der Waals surface area contributed by atoms with Crippen LogP contribution in [0.3, 0.4) is 0 Å². The molecule has 0 amide bonds. The highest BCUT2D eigenvalue weighted by Crippen LogP contribution is 2.34. The molecule has 104 valence electrons. The van der Waals surface area contributed by atoms with Crippen LogP contribution in [-0.4, -0.2) is 26.2 Å². The van der Waals surface area contributed by atoms with Crippen LogP contribution in [0.4, 0.5) is 0 Å². The van der Waals surface area contributed by atoms with Crippen LogP contribution in [0.25, 0.3) is 0 Å². The lowest BCUT2D eigenvalue weighted by Crippen LogP contribution is -2.60. The SMILES string of the molecule is COc1cccc(C2(OC(=O)C(C)(C)C)CNC2)c1. The summed E-state index contributed by atoms with van der Waals surface area (Å²) in [4.78, 5) is 12.1. The summed E-state index contributed by atoms with van der Waals surface area (Å²) in [5.41, 5.74) is -0.0800. The molecule has 0 unspecified atom stereocenters. The Kier molecular flexibility index (Phi) is 3.54. The normalized spacial score (nSPS) is 17.5. The van der Waals surface area contributed by atoms with E-state index in [1.807, 2.05) is 45.0 Å². The number of esters is 1. The maximum absolute atomic E-state index is 12.1. The number of hydrogen-bond donors (Lipinski definition) is 1. The largest absolute Gasteiger partial charge is 0.497 e. The summed E-state index contributed by atoms with van der Waals surface area (Å²) in [6, 6.07) is 7.70. The van der Waals surface area contributed by atoms with Gasteiger partial charge < -0.3 is 14.8 Å². The molecule has 1 saturated heterocycles. The molecule has 1 aromatic carbocycles. The zero-order valence-electron chi connectivity index (χ0n) is 11.9. The Balaban J connectivity index is 2.25. The van der Waals surface area contributed by atoms with Crippen molar-refractivity contribution in [1.29, 1.82) is 0 Å². The third kappa shape index (κ3) is 2.73. The number of ether oxygens (including phenoxy) is 2. The number of hydrogen-bond acceptors (Lipinski definition) is 4. The predicted molar refractivity (Wildman–Crippen MR) is 73.1 cm³/mol. The van der Waals surface area contributed by atoms with Gasteiger partial charge in [-0.1, -0.05) is 12.1 Å². The molecular formula is C15H21NO3. The maximum atomic E-state index is 12.1. The van der Waals surface area contributed by atoms with E-state index in [4.69, 9.17) is 9.47 Å². The summed E-state index contributed by atoms with van der Waals surface area (Å²) in [5, 5.41) is 3.18. The molecule has 1 heterocycles. The fraction of sp³-hybridized carbons (Fsp3) is 0.533. The molecular weight excluding hydrogens is 242 g/mol. The molecule has 0 spiro atoms. The molecule has 0 atom stereocenters. The summed E-state index contributed by atoms with van der Waals surface area (Å²) in [6.07, 6.45) is 0. The lowest BCUT2D eigenvalue weighted by molar-refractivity contribution is -0.177. The number of rotatable bonds is 3. The number of nitrogens with one attached hydrogen (secondary N) is 1. The topological polar surface area (TPSA) is 47.6 Å². The number of benzene rings is 1. The van der Waals surface area contributed by atoms with E-state index in [0.717, 1.165) is 11.3 Å². The highest BCUT2D eigenvalue weighted by atomic mass is 16.6. The molecule has 19 heavy (non-hydrogen) atoms. The van der Waals surface area contributed by atoms with Crippen LogP contribution in [0.2, 0.25) is 0 Å². The molecule has 1 aliphatic heterocycles.